The predicted molar refractivity (Wildman–Crippen MR) is 123 cm³/mol. The zero-order chi connectivity index (χ0) is 20.3. The highest BCUT2D eigenvalue weighted by Crippen LogP contribution is 2.30. The molecule has 0 unspecified atom stereocenters. The number of quaternary nitrogens is 1. The summed E-state index contributed by atoms with van der Waals surface area (Å²) in [5.41, 5.74) is 0. The molecule has 8 heteroatoms. The van der Waals surface area contributed by atoms with Gasteiger partial charge in [0, 0.05) is 12.5 Å². The molecule has 0 saturated carbocycles. The number of nitrogens with zero attached hydrogens (tertiary/aromatic N) is 1. The van der Waals surface area contributed by atoms with Crippen LogP contribution in [0, 0.1) is 0 Å². The minimum atomic E-state index is -2.64. The minimum absolute atomic E-state index is 0.986. The van der Waals surface area contributed by atoms with E-state index in [4.69, 9.17) is 12.3 Å². The molecular weight excluding hydrogens is 391 g/mol. The van der Waals surface area contributed by atoms with Gasteiger partial charge < -0.3 is 16.8 Å². The Morgan fingerprint density at radius 1 is 0.654 bits per heavy atom. The van der Waals surface area contributed by atoms with Crippen LogP contribution in [0.15, 0.2) is 0 Å². The Hall–Kier alpha value is 0.708. The highest BCUT2D eigenvalue weighted by molar-refractivity contribution is 6.90. The van der Waals surface area contributed by atoms with Crippen molar-refractivity contribution in [1.82, 2.24) is 0 Å². The van der Waals surface area contributed by atoms with Gasteiger partial charge in [0.1, 0.15) is 0 Å². The second kappa shape index (κ2) is 9.02. The third-order valence-corrected chi connectivity index (χ3v) is 16.5. The van der Waals surface area contributed by atoms with Crippen molar-refractivity contribution in [3.8, 4) is 0 Å². The first-order valence-electron chi connectivity index (χ1n) is 10.5. The molecule has 1 saturated heterocycles. The molecule has 26 heavy (non-hydrogen) atoms. The van der Waals surface area contributed by atoms with Crippen molar-refractivity contribution in [2.75, 3.05) is 26.7 Å². The zero-order valence-corrected chi connectivity index (χ0v) is 23.3. The summed E-state index contributed by atoms with van der Waals surface area (Å²) >= 11 is 0. The van der Waals surface area contributed by atoms with Crippen molar-refractivity contribution in [1.29, 1.82) is 0 Å². The van der Waals surface area contributed by atoms with Gasteiger partial charge >= 0.3 is 8.80 Å². The normalized spacial score (nSPS) is 19.6. The van der Waals surface area contributed by atoms with E-state index in [0.717, 1.165) is 12.5 Å². The molecule has 1 aliphatic heterocycles. The largest absolute Gasteiger partial charge is 0.469 e. The lowest BCUT2D eigenvalue weighted by atomic mass is 10.1. The van der Waals surface area contributed by atoms with E-state index in [-0.39, 0.29) is 0 Å². The lowest BCUT2D eigenvalue weighted by Crippen LogP contribution is -2.60. The Morgan fingerprint density at radius 3 is 1.38 bits per heavy atom. The van der Waals surface area contributed by atoms with Crippen molar-refractivity contribution >= 4 is 33.8 Å². The Bertz CT molecular complexity index is 394. The van der Waals surface area contributed by atoms with Gasteiger partial charge in [0.25, 0.3) is 0 Å². The number of likely N-dealkylation sites (tertiary alicyclic amines) is 1. The van der Waals surface area contributed by atoms with E-state index in [2.05, 4.69) is 66.0 Å². The summed E-state index contributed by atoms with van der Waals surface area (Å²) in [5, 5.41) is 0. The molecule has 4 nitrogen and oxygen atoms in total. The molecule has 1 aliphatic rings. The number of hydrogen-bond acceptors (Lipinski definition) is 3. The Labute approximate surface area is 168 Å². The Kier molecular flexibility index (Phi) is 8.59. The summed E-state index contributed by atoms with van der Waals surface area (Å²) in [6.45, 7) is 24.3. The second-order valence-corrected chi connectivity index (χ2v) is 28.3. The topological polar surface area (TPSA) is 27.7 Å². The van der Waals surface area contributed by atoms with E-state index in [1.54, 1.807) is 0 Å². The molecule has 0 aromatic carbocycles. The fraction of sp³-hybridized carbons (Fsp3) is 1.00. The van der Waals surface area contributed by atoms with Gasteiger partial charge in [-0.15, -0.1) is 0 Å². The lowest BCUT2D eigenvalue weighted by molar-refractivity contribution is -0.914. The maximum absolute atomic E-state index is 6.80. The van der Waals surface area contributed by atoms with Crippen molar-refractivity contribution < 1.29 is 16.8 Å². The van der Waals surface area contributed by atoms with Crippen LogP contribution in [0.25, 0.3) is 0 Å². The number of rotatable bonds is 10. The van der Waals surface area contributed by atoms with Crippen molar-refractivity contribution in [2.45, 2.75) is 90.7 Å². The summed E-state index contributed by atoms with van der Waals surface area (Å²) in [5.74, 6) is 0. The van der Waals surface area contributed by atoms with Gasteiger partial charge in [-0.3, -0.25) is 0 Å². The minimum Gasteiger partial charge on any atom is -0.417 e. The van der Waals surface area contributed by atoms with Crippen LogP contribution in [0.5, 0.6) is 0 Å². The first kappa shape index (κ1) is 24.7. The number of hydrogen-bond donors (Lipinski definition) is 0. The van der Waals surface area contributed by atoms with E-state index >= 15 is 0 Å². The van der Waals surface area contributed by atoms with Crippen LogP contribution >= 0.6 is 0 Å². The summed E-state index contributed by atoms with van der Waals surface area (Å²) < 4.78 is 21.6. The van der Waals surface area contributed by atoms with Gasteiger partial charge in [0.2, 0.25) is 0 Å². The first-order chi connectivity index (χ1) is 11.5. The maximum atomic E-state index is 6.80. The monoisotopic (exact) mass is 436 g/mol. The fourth-order valence-corrected chi connectivity index (χ4v) is 18.4. The molecule has 0 radical (unpaired) electrons. The summed E-state index contributed by atoms with van der Waals surface area (Å²) in [6.07, 6.45) is 5.31. The number of piperidine rings is 1. The van der Waals surface area contributed by atoms with E-state index in [1.807, 2.05) is 0 Å². The smallest absolute Gasteiger partial charge is 0.417 e. The van der Waals surface area contributed by atoms with E-state index in [9.17, 15) is 0 Å². The van der Waals surface area contributed by atoms with Crippen LogP contribution in [0.1, 0.15) is 25.7 Å². The average Bonchev–Trinajstić information content (AvgIpc) is 2.32. The molecule has 0 bridgehead atoms. The SMILES string of the molecule is C[N+]1(CCC[Si](O[Si](C)(C)C)(O[Si](C)(C)C)O[Si](C)(C)C)CCCCC1. The Balaban J connectivity index is 2.95. The van der Waals surface area contributed by atoms with Gasteiger partial charge in [0.15, 0.2) is 25.0 Å². The summed E-state index contributed by atoms with van der Waals surface area (Å²) in [7, 11) is -5.46. The van der Waals surface area contributed by atoms with E-state index < -0.39 is 33.8 Å². The molecule has 1 fully saturated rings. The molecule has 0 aromatic rings. The first-order valence-corrected chi connectivity index (χ1v) is 22.6. The molecule has 0 aliphatic carbocycles. The van der Waals surface area contributed by atoms with Gasteiger partial charge in [-0.1, -0.05) is 0 Å². The van der Waals surface area contributed by atoms with E-state index in [1.165, 1.54) is 43.4 Å². The molecule has 1 heterocycles. The maximum Gasteiger partial charge on any atom is 0.469 e. The summed E-state index contributed by atoms with van der Waals surface area (Å²) in [4.78, 5) is 0. The van der Waals surface area contributed by atoms with Gasteiger partial charge in [-0.25, -0.2) is 0 Å². The van der Waals surface area contributed by atoms with Crippen molar-refractivity contribution in [2.24, 2.45) is 0 Å². The molecular formula is C18H46NO3Si4+. The third kappa shape index (κ3) is 10.3. The van der Waals surface area contributed by atoms with Crippen molar-refractivity contribution in [3.63, 3.8) is 0 Å². The highest BCUT2D eigenvalue weighted by Gasteiger charge is 2.49. The average molecular weight is 437 g/mol. The van der Waals surface area contributed by atoms with Crippen LogP contribution in [0.3, 0.4) is 0 Å². The molecule has 0 spiro atoms. The van der Waals surface area contributed by atoms with E-state index in [0.29, 0.717) is 0 Å². The van der Waals surface area contributed by atoms with Crippen LogP contribution in [0.2, 0.25) is 65.0 Å². The third-order valence-electron chi connectivity index (χ3n) is 4.46. The quantitative estimate of drug-likeness (QED) is 0.334. The lowest BCUT2D eigenvalue weighted by Gasteiger charge is -2.43. The molecule has 0 amide bonds. The molecule has 0 aromatic heterocycles. The Morgan fingerprint density at radius 2 is 1.04 bits per heavy atom. The predicted octanol–water partition coefficient (Wildman–Crippen LogP) is 5.50. The van der Waals surface area contributed by atoms with Crippen LogP contribution in [-0.4, -0.2) is 64.9 Å². The van der Waals surface area contributed by atoms with Crippen LogP contribution < -0.4 is 0 Å². The van der Waals surface area contributed by atoms with Gasteiger partial charge in [0.05, 0.1) is 26.7 Å². The molecule has 0 N–H and O–H groups in total. The zero-order valence-electron chi connectivity index (χ0n) is 19.3. The fourth-order valence-electron chi connectivity index (χ4n) is 3.79. The van der Waals surface area contributed by atoms with Gasteiger partial charge in [-0.2, -0.15) is 0 Å². The molecule has 0 atom stereocenters. The van der Waals surface area contributed by atoms with Crippen LogP contribution in [0.4, 0.5) is 0 Å². The van der Waals surface area contributed by atoms with Crippen LogP contribution in [-0.2, 0) is 12.3 Å². The molecule has 1 rings (SSSR count). The highest BCUT2D eigenvalue weighted by atomic mass is 28.5. The second-order valence-electron chi connectivity index (χ2n) is 11.3. The molecule has 156 valence electrons. The standard InChI is InChI=1S/C18H46NO3Si4/c1-19(15-12-11-13-16-19)17-14-18-26(20-23(2,3)4,21-24(5,6)7)22-25(8,9)10/h11-18H2,1-10H3/q+1. The van der Waals surface area contributed by atoms with Crippen molar-refractivity contribution in [3.05, 3.63) is 0 Å². The summed E-state index contributed by atoms with van der Waals surface area (Å²) in [6, 6.07) is 0.986. The van der Waals surface area contributed by atoms with Gasteiger partial charge in [-0.05, 0) is 78.2 Å².